The number of hydrogen-bond acceptors (Lipinski definition) is 4. The van der Waals surface area contributed by atoms with Crippen molar-refractivity contribution in [3.05, 3.63) is 68.2 Å². The summed E-state index contributed by atoms with van der Waals surface area (Å²) < 4.78 is 1.29. The van der Waals surface area contributed by atoms with Gasteiger partial charge in [0.05, 0.1) is 5.69 Å². The van der Waals surface area contributed by atoms with Gasteiger partial charge in [0.25, 0.3) is 5.56 Å². The molecule has 0 bridgehead atoms. The molecule has 0 saturated carbocycles. The van der Waals surface area contributed by atoms with Gasteiger partial charge in [0.1, 0.15) is 11.6 Å². The van der Waals surface area contributed by atoms with Gasteiger partial charge in [-0.3, -0.25) is 14.8 Å². The minimum atomic E-state index is -0.210. The van der Waals surface area contributed by atoms with E-state index in [4.69, 9.17) is 16.9 Å². The Labute approximate surface area is 149 Å². The van der Waals surface area contributed by atoms with Crippen molar-refractivity contribution in [1.29, 1.82) is 5.26 Å². The molecule has 1 N–H and O–H groups in total. The number of H-pyrrole nitrogens is 1. The summed E-state index contributed by atoms with van der Waals surface area (Å²) in [5.41, 5.74) is 3.74. The van der Waals surface area contributed by atoms with E-state index in [9.17, 15) is 4.79 Å². The Hall–Kier alpha value is -2.62. The lowest BCUT2D eigenvalue weighted by atomic mass is 9.93. The van der Waals surface area contributed by atoms with Crippen molar-refractivity contribution in [3.63, 3.8) is 0 Å². The van der Waals surface area contributed by atoms with E-state index in [0.29, 0.717) is 23.4 Å². The topological polar surface area (TPSA) is 77.2 Å². The molecule has 0 amide bonds. The van der Waals surface area contributed by atoms with E-state index in [0.717, 1.165) is 18.0 Å². The van der Waals surface area contributed by atoms with Gasteiger partial charge in [0.15, 0.2) is 5.65 Å². The molecule has 1 unspecified atom stereocenters. The lowest BCUT2D eigenvalue weighted by Crippen LogP contribution is -2.34. The van der Waals surface area contributed by atoms with E-state index < -0.39 is 0 Å². The normalized spacial score (nSPS) is 17.4. The highest BCUT2D eigenvalue weighted by atomic mass is 35.5. The molecule has 3 aromatic rings. The second kappa shape index (κ2) is 6.03. The largest absolute Gasteiger partial charge is 0.295 e. The van der Waals surface area contributed by atoms with E-state index in [1.165, 1.54) is 27.9 Å². The number of nitrogens with zero attached hydrogens (tertiary/aromatic N) is 4. The van der Waals surface area contributed by atoms with Gasteiger partial charge in [0, 0.05) is 36.4 Å². The van der Waals surface area contributed by atoms with Crippen LogP contribution >= 0.6 is 11.6 Å². The van der Waals surface area contributed by atoms with Crippen LogP contribution in [-0.4, -0.2) is 26.0 Å². The summed E-state index contributed by atoms with van der Waals surface area (Å²) in [6, 6.07) is 9.80. The first kappa shape index (κ1) is 15.9. The van der Waals surface area contributed by atoms with Gasteiger partial charge in [-0.15, -0.1) is 0 Å². The fourth-order valence-corrected chi connectivity index (χ4v) is 3.66. The summed E-state index contributed by atoms with van der Waals surface area (Å²) in [5, 5.41) is 12.7. The number of benzene rings is 1. The molecule has 0 saturated heterocycles. The molecule has 1 atom stereocenters. The van der Waals surface area contributed by atoms with E-state index in [1.54, 1.807) is 0 Å². The Morgan fingerprint density at radius 3 is 3.08 bits per heavy atom. The monoisotopic (exact) mass is 353 g/mol. The number of nitriles is 1. The average molecular weight is 354 g/mol. The number of rotatable bonds is 2. The first-order chi connectivity index (χ1) is 12.1. The number of aromatic amines is 1. The zero-order valence-corrected chi connectivity index (χ0v) is 14.4. The molecule has 1 aromatic carbocycles. The minimum absolute atomic E-state index is 0.210. The molecule has 3 heterocycles. The van der Waals surface area contributed by atoms with Gasteiger partial charge in [-0.05, 0) is 36.6 Å². The molecule has 4 rings (SSSR count). The minimum Gasteiger partial charge on any atom is -0.295 e. The van der Waals surface area contributed by atoms with E-state index in [-0.39, 0.29) is 11.6 Å². The summed E-state index contributed by atoms with van der Waals surface area (Å²) in [4.78, 5) is 19.0. The van der Waals surface area contributed by atoms with Crippen molar-refractivity contribution in [2.45, 2.75) is 25.9 Å². The quantitative estimate of drug-likeness (QED) is 0.768. The maximum absolute atomic E-state index is 12.2. The SMILES string of the molecule is CC1c2ccc(Cl)cc2CCN1Cc1cc(=O)n2[nH]cc(C#N)c2n1. The molecule has 126 valence electrons. The van der Waals surface area contributed by atoms with Gasteiger partial charge in [-0.25, -0.2) is 9.50 Å². The van der Waals surface area contributed by atoms with Gasteiger partial charge < -0.3 is 0 Å². The third-order valence-corrected chi connectivity index (χ3v) is 5.04. The molecular weight excluding hydrogens is 338 g/mol. The van der Waals surface area contributed by atoms with Crippen molar-refractivity contribution in [3.8, 4) is 6.07 Å². The molecule has 0 radical (unpaired) electrons. The third-order valence-electron chi connectivity index (χ3n) is 4.81. The second-order valence-corrected chi connectivity index (χ2v) is 6.72. The van der Waals surface area contributed by atoms with E-state index in [1.807, 2.05) is 12.1 Å². The number of hydrogen-bond donors (Lipinski definition) is 1. The van der Waals surface area contributed by atoms with Crippen LogP contribution in [0.3, 0.4) is 0 Å². The zero-order chi connectivity index (χ0) is 17.6. The maximum Gasteiger partial charge on any atom is 0.272 e. The highest BCUT2D eigenvalue weighted by Gasteiger charge is 2.24. The van der Waals surface area contributed by atoms with Crippen LogP contribution in [0, 0.1) is 11.3 Å². The third kappa shape index (κ3) is 2.72. The van der Waals surface area contributed by atoms with Crippen LogP contribution in [0.2, 0.25) is 5.02 Å². The first-order valence-electron chi connectivity index (χ1n) is 8.09. The Kier molecular flexibility index (Phi) is 3.83. The van der Waals surface area contributed by atoms with Gasteiger partial charge in [-0.2, -0.15) is 5.26 Å². The highest BCUT2D eigenvalue weighted by Crippen LogP contribution is 2.31. The van der Waals surface area contributed by atoms with Crippen molar-refractivity contribution in [2.75, 3.05) is 6.54 Å². The number of aromatic nitrogens is 3. The van der Waals surface area contributed by atoms with Crippen LogP contribution in [-0.2, 0) is 13.0 Å². The van der Waals surface area contributed by atoms with Crippen LogP contribution in [0.15, 0.2) is 35.3 Å². The maximum atomic E-state index is 12.2. The lowest BCUT2D eigenvalue weighted by Gasteiger charge is -2.35. The predicted molar refractivity (Wildman–Crippen MR) is 94.5 cm³/mol. The fourth-order valence-electron chi connectivity index (χ4n) is 3.47. The number of nitrogens with one attached hydrogen (secondary N) is 1. The molecule has 6 nitrogen and oxygen atoms in total. The first-order valence-corrected chi connectivity index (χ1v) is 8.47. The summed E-state index contributed by atoms with van der Waals surface area (Å²) >= 11 is 6.09. The van der Waals surface area contributed by atoms with Crippen molar-refractivity contribution in [2.24, 2.45) is 0 Å². The molecule has 1 aliphatic heterocycles. The van der Waals surface area contributed by atoms with Crippen LogP contribution in [0.1, 0.15) is 35.3 Å². The number of fused-ring (bicyclic) bond motifs is 2. The van der Waals surface area contributed by atoms with Crippen LogP contribution in [0.4, 0.5) is 0 Å². The Bertz CT molecular complexity index is 1060. The highest BCUT2D eigenvalue weighted by molar-refractivity contribution is 6.30. The molecule has 25 heavy (non-hydrogen) atoms. The molecular formula is C18H16ClN5O. The smallest absolute Gasteiger partial charge is 0.272 e. The van der Waals surface area contributed by atoms with E-state index in [2.05, 4.69) is 34.0 Å². The molecule has 7 heteroatoms. The van der Waals surface area contributed by atoms with Crippen molar-refractivity contribution >= 4 is 17.2 Å². The van der Waals surface area contributed by atoms with Gasteiger partial charge >= 0.3 is 0 Å². The fraction of sp³-hybridized carbons (Fsp3) is 0.278. The van der Waals surface area contributed by atoms with Gasteiger partial charge in [0.2, 0.25) is 0 Å². The molecule has 0 aliphatic carbocycles. The molecule has 0 spiro atoms. The standard InChI is InChI=1S/C18H16ClN5O/c1-11-16-3-2-14(19)6-12(16)4-5-23(11)10-15-7-17(25)24-18(22-15)13(8-20)9-21-24/h2-3,6-7,9,11,21H,4-5,10H2,1H3. The number of halogens is 1. The second-order valence-electron chi connectivity index (χ2n) is 6.28. The lowest BCUT2D eigenvalue weighted by molar-refractivity contribution is 0.187. The molecule has 1 aliphatic rings. The van der Waals surface area contributed by atoms with Gasteiger partial charge in [-0.1, -0.05) is 17.7 Å². The summed E-state index contributed by atoms with van der Waals surface area (Å²) in [6.45, 7) is 3.58. The van der Waals surface area contributed by atoms with Crippen molar-refractivity contribution < 1.29 is 0 Å². The van der Waals surface area contributed by atoms with E-state index >= 15 is 0 Å². The average Bonchev–Trinajstić information content (AvgIpc) is 3.01. The summed E-state index contributed by atoms with van der Waals surface area (Å²) in [5.74, 6) is 0. The van der Waals surface area contributed by atoms with Crippen LogP contribution in [0.25, 0.3) is 5.65 Å². The zero-order valence-electron chi connectivity index (χ0n) is 13.7. The molecule has 0 fully saturated rings. The summed E-state index contributed by atoms with van der Waals surface area (Å²) in [7, 11) is 0. The Balaban J connectivity index is 1.67. The Morgan fingerprint density at radius 2 is 2.28 bits per heavy atom. The van der Waals surface area contributed by atoms with Crippen LogP contribution in [0.5, 0.6) is 0 Å². The van der Waals surface area contributed by atoms with Crippen molar-refractivity contribution in [1.82, 2.24) is 19.5 Å². The predicted octanol–water partition coefficient (Wildman–Crippen LogP) is 2.67. The molecule has 2 aromatic heterocycles. The Morgan fingerprint density at radius 1 is 1.44 bits per heavy atom. The van der Waals surface area contributed by atoms with Crippen LogP contribution < -0.4 is 5.56 Å². The summed E-state index contributed by atoms with van der Waals surface area (Å²) in [6.07, 6.45) is 2.41.